The van der Waals surface area contributed by atoms with Crippen molar-refractivity contribution in [2.45, 2.75) is 25.0 Å². The highest BCUT2D eigenvalue weighted by Crippen LogP contribution is 2.15. The summed E-state index contributed by atoms with van der Waals surface area (Å²) in [6.45, 7) is 3.17. The predicted octanol–water partition coefficient (Wildman–Crippen LogP) is 1.23. The van der Waals surface area contributed by atoms with Crippen LogP contribution in [-0.4, -0.2) is 25.0 Å². The van der Waals surface area contributed by atoms with E-state index in [0.717, 1.165) is 11.1 Å². The average molecular weight is 389 g/mol. The van der Waals surface area contributed by atoms with E-state index in [9.17, 15) is 18.0 Å². The van der Waals surface area contributed by atoms with Gasteiger partial charge in [-0.2, -0.15) is 0 Å². The number of nitrogens with one attached hydrogen (secondary N) is 3. The molecule has 27 heavy (non-hydrogen) atoms. The molecule has 0 unspecified atom stereocenters. The second kappa shape index (κ2) is 7.87. The van der Waals surface area contributed by atoms with Crippen LogP contribution in [0.4, 0.5) is 0 Å². The highest BCUT2D eigenvalue weighted by molar-refractivity contribution is 7.89. The first-order valence-corrected chi connectivity index (χ1v) is 9.79. The lowest BCUT2D eigenvalue weighted by Crippen LogP contribution is -2.25. The predicted molar refractivity (Wildman–Crippen MR) is 101 cm³/mol. The van der Waals surface area contributed by atoms with Gasteiger partial charge in [-0.15, -0.1) is 0 Å². The number of aromatic nitrogens is 2. The first-order valence-electron chi connectivity index (χ1n) is 8.30. The average Bonchev–Trinajstić information content (AvgIpc) is 2.65. The zero-order chi connectivity index (χ0) is 19.4. The molecule has 8 nitrogen and oxygen atoms in total. The maximum atomic E-state index is 12.5. The van der Waals surface area contributed by atoms with Crippen LogP contribution in [0.15, 0.2) is 56.9 Å². The monoisotopic (exact) mass is 389 g/mol. The summed E-state index contributed by atoms with van der Waals surface area (Å²) in [6.07, 6.45) is 0. The highest BCUT2D eigenvalue weighted by Gasteiger charge is 2.15. The number of fused-ring (bicyclic) bond motifs is 1. The lowest BCUT2D eigenvalue weighted by Gasteiger charge is -2.08. The van der Waals surface area contributed by atoms with Crippen molar-refractivity contribution in [2.24, 2.45) is 0 Å². The van der Waals surface area contributed by atoms with Gasteiger partial charge in [0.15, 0.2) is 0 Å². The maximum Gasteiger partial charge on any atom is 0.326 e. The van der Waals surface area contributed by atoms with E-state index in [2.05, 4.69) is 14.7 Å². The topological polar surface area (TPSA) is 121 Å². The molecule has 9 heteroatoms. The molecule has 3 aromatic rings. The Labute approximate surface area is 155 Å². The van der Waals surface area contributed by atoms with Crippen molar-refractivity contribution in [3.8, 4) is 0 Å². The van der Waals surface area contributed by atoms with E-state index in [1.54, 1.807) is 0 Å². The van der Waals surface area contributed by atoms with Crippen LogP contribution in [0.5, 0.6) is 0 Å². The zero-order valence-electron chi connectivity index (χ0n) is 14.6. The van der Waals surface area contributed by atoms with Gasteiger partial charge in [-0.25, -0.2) is 17.9 Å². The molecular weight excluding hydrogens is 370 g/mol. The van der Waals surface area contributed by atoms with Crippen LogP contribution in [0.3, 0.4) is 0 Å². The maximum absolute atomic E-state index is 12.5. The van der Waals surface area contributed by atoms with Gasteiger partial charge in [-0.05, 0) is 36.2 Å². The molecule has 0 bridgehead atoms. The minimum atomic E-state index is -3.82. The molecule has 0 amide bonds. The number of H-pyrrole nitrogens is 2. The third kappa shape index (κ3) is 4.51. The molecule has 0 saturated heterocycles. The number of aromatic amines is 2. The first-order chi connectivity index (χ1) is 12.9. The second-order valence-corrected chi connectivity index (χ2v) is 7.66. The van der Waals surface area contributed by atoms with E-state index in [1.807, 2.05) is 31.2 Å². The molecule has 0 radical (unpaired) electrons. The summed E-state index contributed by atoms with van der Waals surface area (Å²) in [7, 11) is -3.82. The van der Waals surface area contributed by atoms with E-state index < -0.39 is 21.3 Å². The van der Waals surface area contributed by atoms with Crippen LogP contribution < -0.4 is 16.0 Å². The third-order valence-electron chi connectivity index (χ3n) is 3.98. The van der Waals surface area contributed by atoms with Gasteiger partial charge < -0.3 is 9.72 Å². The Morgan fingerprint density at radius 1 is 1.00 bits per heavy atom. The minimum Gasteiger partial charge on any atom is -0.377 e. The Balaban J connectivity index is 1.77. The Bertz CT molecular complexity index is 1160. The van der Waals surface area contributed by atoms with Crippen LogP contribution in [0.1, 0.15) is 18.1 Å². The van der Waals surface area contributed by atoms with E-state index in [0.29, 0.717) is 13.2 Å². The van der Waals surface area contributed by atoms with Crippen molar-refractivity contribution in [3.63, 3.8) is 0 Å². The highest BCUT2D eigenvalue weighted by atomic mass is 32.2. The number of ether oxygens (including phenoxy) is 1. The largest absolute Gasteiger partial charge is 0.377 e. The first kappa shape index (κ1) is 19.0. The van der Waals surface area contributed by atoms with E-state index in [-0.39, 0.29) is 22.3 Å². The fraction of sp³-hybridized carbons (Fsp3) is 0.222. The molecule has 0 saturated carbocycles. The van der Waals surface area contributed by atoms with Crippen molar-refractivity contribution >= 4 is 20.9 Å². The summed E-state index contributed by atoms with van der Waals surface area (Å²) in [5.74, 6) is 0. The molecule has 142 valence electrons. The van der Waals surface area contributed by atoms with Crippen molar-refractivity contribution in [1.29, 1.82) is 0 Å². The van der Waals surface area contributed by atoms with Crippen molar-refractivity contribution in [1.82, 2.24) is 14.7 Å². The van der Waals surface area contributed by atoms with Crippen LogP contribution in [0.25, 0.3) is 10.9 Å². The van der Waals surface area contributed by atoms with Gasteiger partial charge in [-0.1, -0.05) is 24.3 Å². The van der Waals surface area contributed by atoms with Crippen LogP contribution in [0.2, 0.25) is 0 Å². The Morgan fingerprint density at radius 3 is 2.41 bits per heavy atom. The molecule has 0 spiro atoms. The number of hydrogen-bond donors (Lipinski definition) is 3. The Kier molecular flexibility index (Phi) is 5.54. The molecule has 0 aliphatic carbocycles. The lowest BCUT2D eigenvalue weighted by atomic mass is 10.1. The molecule has 0 aliphatic heterocycles. The number of hydrogen-bond acceptors (Lipinski definition) is 5. The van der Waals surface area contributed by atoms with Crippen LogP contribution >= 0.6 is 0 Å². The van der Waals surface area contributed by atoms with Gasteiger partial charge >= 0.3 is 5.69 Å². The normalized spacial score (nSPS) is 11.7. The quantitative estimate of drug-likeness (QED) is 0.561. The molecule has 1 aromatic heterocycles. The molecule has 0 aliphatic rings. The molecule has 0 atom stereocenters. The van der Waals surface area contributed by atoms with Gasteiger partial charge in [0.25, 0.3) is 5.56 Å². The number of benzene rings is 2. The van der Waals surface area contributed by atoms with Crippen LogP contribution in [0, 0.1) is 0 Å². The second-order valence-electron chi connectivity index (χ2n) is 5.89. The molecule has 2 aromatic carbocycles. The Morgan fingerprint density at radius 2 is 1.70 bits per heavy atom. The third-order valence-corrected chi connectivity index (χ3v) is 5.38. The summed E-state index contributed by atoms with van der Waals surface area (Å²) < 4.78 is 32.9. The van der Waals surface area contributed by atoms with Gasteiger partial charge in [0.05, 0.1) is 22.4 Å². The number of sulfonamides is 1. The summed E-state index contributed by atoms with van der Waals surface area (Å²) in [4.78, 5) is 27.6. The molecule has 1 heterocycles. The van der Waals surface area contributed by atoms with Crippen molar-refractivity contribution in [3.05, 3.63) is 74.4 Å². The summed E-state index contributed by atoms with van der Waals surface area (Å²) >= 11 is 0. The van der Waals surface area contributed by atoms with Gasteiger partial charge in [-0.3, -0.25) is 9.78 Å². The lowest BCUT2D eigenvalue weighted by molar-refractivity contribution is 0.134. The summed E-state index contributed by atoms with van der Waals surface area (Å²) in [5.41, 5.74) is 0.783. The summed E-state index contributed by atoms with van der Waals surface area (Å²) in [5, 5.41) is 0.0951. The number of rotatable bonds is 7. The van der Waals surface area contributed by atoms with E-state index in [4.69, 9.17) is 4.74 Å². The fourth-order valence-corrected chi connectivity index (χ4v) is 3.59. The van der Waals surface area contributed by atoms with Gasteiger partial charge in [0.2, 0.25) is 10.0 Å². The smallest absolute Gasteiger partial charge is 0.326 e. The zero-order valence-corrected chi connectivity index (χ0v) is 15.4. The van der Waals surface area contributed by atoms with Gasteiger partial charge in [0.1, 0.15) is 0 Å². The van der Waals surface area contributed by atoms with Gasteiger partial charge in [0, 0.05) is 13.2 Å². The standard InChI is InChI=1S/C18H19N3O5S/c1-2-26-11-13-5-3-12(4-6-13)10-19-27(24,25)14-7-8-16-15(9-14)17(22)21-18(23)20-16/h3-9,19H,2,10-11H2,1H3,(H2,20,21,22,23). The summed E-state index contributed by atoms with van der Waals surface area (Å²) in [6, 6.07) is 11.4. The molecule has 3 rings (SSSR count). The van der Waals surface area contributed by atoms with Crippen LogP contribution in [-0.2, 0) is 27.9 Å². The van der Waals surface area contributed by atoms with Crippen molar-refractivity contribution in [2.75, 3.05) is 6.61 Å². The minimum absolute atomic E-state index is 0.0551. The molecular formula is C18H19N3O5S. The Hall–Kier alpha value is -2.75. The van der Waals surface area contributed by atoms with E-state index >= 15 is 0 Å². The SMILES string of the molecule is CCOCc1ccc(CNS(=O)(=O)c2ccc3[nH]c(=O)[nH]c(=O)c3c2)cc1. The van der Waals surface area contributed by atoms with E-state index in [1.165, 1.54) is 18.2 Å². The molecule has 0 fully saturated rings. The molecule has 3 N–H and O–H groups in total. The fourth-order valence-electron chi connectivity index (χ4n) is 2.55. The van der Waals surface area contributed by atoms with Crippen molar-refractivity contribution < 1.29 is 13.2 Å².